The molecule has 0 unspecified atom stereocenters. The monoisotopic (exact) mass is 451 g/mol. The molecule has 0 radical (unpaired) electrons. The molecule has 0 saturated carbocycles. The Labute approximate surface area is 197 Å². The fourth-order valence-corrected chi connectivity index (χ4v) is 3.91. The largest absolute Gasteiger partial charge is 0.383 e. The highest BCUT2D eigenvalue weighted by Crippen LogP contribution is 2.23. The summed E-state index contributed by atoms with van der Waals surface area (Å²) in [5.74, 6) is -0.398. The molecule has 2 aromatic carbocycles. The van der Waals surface area contributed by atoms with Gasteiger partial charge < -0.3 is 20.3 Å². The number of ether oxygens (including phenoxy) is 1. The molecule has 0 bridgehead atoms. The summed E-state index contributed by atoms with van der Waals surface area (Å²) in [4.78, 5) is 28.3. The summed E-state index contributed by atoms with van der Waals surface area (Å²) in [6, 6.07) is 16.1. The van der Waals surface area contributed by atoms with Crippen molar-refractivity contribution in [2.45, 2.75) is 46.1 Å². The Hall–Kier alpha value is -2.86. The maximum atomic E-state index is 13.5. The van der Waals surface area contributed by atoms with E-state index in [9.17, 15) is 9.59 Å². The van der Waals surface area contributed by atoms with E-state index in [-0.39, 0.29) is 30.2 Å². The Balaban J connectivity index is 1.71. The van der Waals surface area contributed by atoms with E-state index in [0.29, 0.717) is 32.8 Å². The van der Waals surface area contributed by atoms with Crippen molar-refractivity contribution < 1.29 is 14.3 Å². The van der Waals surface area contributed by atoms with Gasteiger partial charge in [0, 0.05) is 37.8 Å². The van der Waals surface area contributed by atoms with E-state index in [1.54, 1.807) is 4.90 Å². The molecule has 6 nitrogen and oxygen atoms in total. The van der Waals surface area contributed by atoms with Crippen LogP contribution in [0, 0.1) is 19.8 Å². The molecule has 1 heterocycles. The summed E-state index contributed by atoms with van der Waals surface area (Å²) in [7, 11) is 0. The summed E-state index contributed by atoms with van der Waals surface area (Å²) < 4.78 is 5.37. The smallest absolute Gasteiger partial charge is 0.228 e. The lowest BCUT2D eigenvalue weighted by molar-refractivity contribution is -0.138. The third-order valence-electron chi connectivity index (χ3n) is 6.25. The van der Waals surface area contributed by atoms with Crippen LogP contribution in [0.5, 0.6) is 0 Å². The first-order valence-electron chi connectivity index (χ1n) is 11.9. The Morgan fingerprint density at radius 2 is 1.52 bits per heavy atom. The molecule has 0 aliphatic carbocycles. The van der Waals surface area contributed by atoms with Crippen LogP contribution in [0.2, 0.25) is 0 Å². The van der Waals surface area contributed by atoms with Gasteiger partial charge in [0.2, 0.25) is 11.8 Å². The van der Waals surface area contributed by atoms with Gasteiger partial charge in [-0.3, -0.25) is 9.59 Å². The minimum Gasteiger partial charge on any atom is -0.383 e. The van der Waals surface area contributed by atoms with Crippen molar-refractivity contribution in [3.8, 4) is 0 Å². The fourth-order valence-electron chi connectivity index (χ4n) is 3.91. The molecule has 1 fully saturated rings. The van der Waals surface area contributed by atoms with E-state index >= 15 is 0 Å². The van der Waals surface area contributed by atoms with E-state index in [1.807, 2.05) is 43.3 Å². The number of benzene rings is 2. The third kappa shape index (κ3) is 7.32. The van der Waals surface area contributed by atoms with Crippen LogP contribution in [0.4, 0.5) is 5.69 Å². The number of morpholine rings is 1. The molecule has 2 amide bonds. The maximum absolute atomic E-state index is 13.5. The average molecular weight is 452 g/mol. The van der Waals surface area contributed by atoms with Gasteiger partial charge in [-0.05, 0) is 37.5 Å². The summed E-state index contributed by atoms with van der Waals surface area (Å²) in [5, 5.41) is 6.66. The molecule has 0 aromatic heterocycles. The van der Waals surface area contributed by atoms with Gasteiger partial charge in [-0.1, -0.05) is 61.4 Å². The van der Waals surface area contributed by atoms with Gasteiger partial charge in [-0.25, -0.2) is 0 Å². The van der Waals surface area contributed by atoms with Gasteiger partial charge in [-0.15, -0.1) is 0 Å². The molecule has 6 heteroatoms. The van der Waals surface area contributed by atoms with Crippen LogP contribution < -0.4 is 10.6 Å². The van der Waals surface area contributed by atoms with Gasteiger partial charge in [0.05, 0.1) is 19.1 Å². The van der Waals surface area contributed by atoms with Crippen molar-refractivity contribution in [2.24, 2.45) is 5.92 Å². The normalized spacial score (nSPS) is 15.7. The first kappa shape index (κ1) is 24.8. The van der Waals surface area contributed by atoms with Crippen LogP contribution >= 0.6 is 0 Å². The lowest BCUT2D eigenvalue weighted by atomic mass is 9.92. The van der Waals surface area contributed by atoms with Crippen molar-refractivity contribution in [2.75, 3.05) is 38.2 Å². The standard InChI is InChI=1S/C27H37N3O3/c1-19(2)25(18-28-23-11-7-21(4)8-12-23)29-27(32)24(22-9-5-20(3)6-10-22)17-26(31)30-13-15-33-16-14-30/h5-12,19,24-25,28H,13-18H2,1-4H3,(H,29,32)/t24-,25+/m0/s1. The summed E-state index contributed by atoms with van der Waals surface area (Å²) >= 11 is 0. The van der Waals surface area contributed by atoms with Crippen molar-refractivity contribution in [1.29, 1.82) is 0 Å². The van der Waals surface area contributed by atoms with E-state index < -0.39 is 5.92 Å². The Morgan fingerprint density at radius 1 is 0.939 bits per heavy atom. The second-order valence-corrected chi connectivity index (χ2v) is 9.27. The van der Waals surface area contributed by atoms with Crippen molar-refractivity contribution >= 4 is 17.5 Å². The molecular weight excluding hydrogens is 414 g/mol. The predicted octanol–water partition coefficient (Wildman–Crippen LogP) is 3.89. The van der Waals surface area contributed by atoms with Crippen LogP contribution in [0.15, 0.2) is 48.5 Å². The zero-order valence-electron chi connectivity index (χ0n) is 20.3. The molecule has 2 atom stereocenters. The number of amides is 2. The van der Waals surface area contributed by atoms with Crippen molar-refractivity contribution in [3.05, 3.63) is 65.2 Å². The number of anilines is 1. The van der Waals surface area contributed by atoms with Crippen molar-refractivity contribution in [1.82, 2.24) is 10.2 Å². The van der Waals surface area contributed by atoms with Crippen LogP contribution in [-0.2, 0) is 14.3 Å². The van der Waals surface area contributed by atoms with Gasteiger partial charge in [0.1, 0.15) is 0 Å². The second kappa shape index (κ2) is 11.8. The van der Waals surface area contributed by atoms with Gasteiger partial charge >= 0.3 is 0 Å². The number of nitrogens with zero attached hydrogens (tertiary/aromatic N) is 1. The number of hydrogen-bond acceptors (Lipinski definition) is 4. The molecule has 178 valence electrons. The zero-order chi connectivity index (χ0) is 23.8. The summed E-state index contributed by atoms with van der Waals surface area (Å²) in [6.45, 7) is 11.1. The zero-order valence-corrected chi connectivity index (χ0v) is 20.3. The number of hydrogen-bond donors (Lipinski definition) is 2. The van der Waals surface area contributed by atoms with E-state index in [2.05, 4.69) is 43.5 Å². The summed E-state index contributed by atoms with van der Waals surface area (Å²) in [5.41, 5.74) is 4.23. The lowest BCUT2D eigenvalue weighted by Gasteiger charge is -2.30. The van der Waals surface area contributed by atoms with Crippen LogP contribution in [0.25, 0.3) is 0 Å². The topological polar surface area (TPSA) is 70.7 Å². The molecule has 0 spiro atoms. The number of carbonyl (C=O) groups excluding carboxylic acids is 2. The molecular formula is C27H37N3O3. The minimum absolute atomic E-state index is 0.00194. The van der Waals surface area contributed by atoms with Crippen LogP contribution in [0.3, 0.4) is 0 Å². The highest BCUT2D eigenvalue weighted by Gasteiger charge is 2.29. The Kier molecular flexibility index (Phi) is 8.89. The van der Waals surface area contributed by atoms with Gasteiger partial charge in [0.15, 0.2) is 0 Å². The van der Waals surface area contributed by atoms with E-state index in [0.717, 1.165) is 16.8 Å². The quantitative estimate of drug-likeness (QED) is 0.607. The van der Waals surface area contributed by atoms with Gasteiger partial charge in [-0.2, -0.15) is 0 Å². The van der Waals surface area contributed by atoms with E-state index in [1.165, 1.54) is 5.56 Å². The number of rotatable bonds is 9. The fraction of sp³-hybridized carbons (Fsp3) is 0.481. The maximum Gasteiger partial charge on any atom is 0.228 e. The third-order valence-corrected chi connectivity index (χ3v) is 6.25. The summed E-state index contributed by atoms with van der Waals surface area (Å²) in [6.07, 6.45) is 0.158. The minimum atomic E-state index is -0.526. The molecule has 2 N–H and O–H groups in total. The van der Waals surface area contributed by atoms with Gasteiger partial charge in [0.25, 0.3) is 0 Å². The molecule has 1 aliphatic heterocycles. The molecule has 33 heavy (non-hydrogen) atoms. The Bertz CT molecular complexity index is 903. The highest BCUT2D eigenvalue weighted by molar-refractivity contribution is 5.90. The highest BCUT2D eigenvalue weighted by atomic mass is 16.5. The van der Waals surface area contributed by atoms with Crippen LogP contribution in [-0.4, -0.2) is 55.6 Å². The molecule has 1 saturated heterocycles. The first-order chi connectivity index (χ1) is 15.8. The second-order valence-electron chi connectivity index (χ2n) is 9.27. The predicted molar refractivity (Wildman–Crippen MR) is 132 cm³/mol. The SMILES string of the molecule is Cc1ccc(NC[C@@H](NC(=O)[C@@H](CC(=O)N2CCOCC2)c2ccc(C)cc2)C(C)C)cc1. The molecule has 3 rings (SSSR count). The Morgan fingerprint density at radius 3 is 2.09 bits per heavy atom. The van der Waals surface area contributed by atoms with E-state index in [4.69, 9.17) is 4.74 Å². The molecule has 1 aliphatic rings. The lowest BCUT2D eigenvalue weighted by Crippen LogP contribution is -2.47. The first-order valence-corrected chi connectivity index (χ1v) is 11.9. The van der Waals surface area contributed by atoms with Crippen LogP contribution in [0.1, 0.15) is 42.9 Å². The number of nitrogens with one attached hydrogen (secondary N) is 2. The number of carbonyl (C=O) groups is 2. The molecule has 2 aromatic rings. The van der Waals surface area contributed by atoms with Crippen molar-refractivity contribution in [3.63, 3.8) is 0 Å². The average Bonchev–Trinajstić information content (AvgIpc) is 2.82. The number of aryl methyl sites for hydroxylation is 2.